The lowest BCUT2D eigenvalue weighted by Crippen LogP contribution is -2.53. The first-order valence-corrected chi connectivity index (χ1v) is 10.6. The van der Waals surface area contributed by atoms with Crippen LogP contribution >= 0.6 is 0 Å². The Kier molecular flexibility index (Phi) is 6.25. The average molecular weight is 426 g/mol. The molecule has 3 amide bonds. The summed E-state index contributed by atoms with van der Waals surface area (Å²) in [5, 5.41) is 3.00. The average Bonchev–Trinajstić information content (AvgIpc) is 3.15. The van der Waals surface area contributed by atoms with Gasteiger partial charge in [-0.25, -0.2) is 9.18 Å². The third kappa shape index (κ3) is 4.90. The van der Waals surface area contributed by atoms with Crippen LogP contribution < -0.4 is 19.9 Å². The molecule has 2 fully saturated rings. The van der Waals surface area contributed by atoms with Crippen molar-refractivity contribution in [1.29, 1.82) is 0 Å². The van der Waals surface area contributed by atoms with Crippen LogP contribution in [0, 0.1) is 5.82 Å². The van der Waals surface area contributed by atoms with Gasteiger partial charge in [-0.1, -0.05) is 0 Å². The second-order valence-electron chi connectivity index (χ2n) is 7.73. The normalized spacial score (nSPS) is 19.0. The van der Waals surface area contributed by atoms with Crippen molar-refractivity contribution < 1.29 is 18.7 Å². The highest BCUT2D eigenvalue weighted by atomic mass is 19.1. The van der Waals surface area contributed by atoms with Crippen LogP contribution in [-0.2, 0) is 4.79 Å². The minimum Gasteiger partial charge on any atom is -0.494 e. The van der Waals surface area contributed by atoms with E-state index in [4.69, 9.17) is 4.74 Å². The van der Waals surface area contributed by atoms with Crippen molar-refractivity contribution in [2.45, 2.75) is 19.4 Å². The molecule has 0 aliphatic carbocycles. The number of benzene rings is 2. The number of carbonyl (C=O) groups is 2. The third-order valence-corrected chi connectivity index (χ3v) is 5.67. The number of nitrogens with one attached hydrogen (secondary N) is 1. The molecule has 1 atom stereocenters. The summed E-state index contributed by atoms with van der Waals surface area (Å²) in [4.78, 5) is 30.8. The minimum absolute atomic E-state index is 0.00408. The van der Waals surface area contributed by atoms with Crippen molar-refractivity contribution in [3.8, 4) is 5.75 Å². The molecule has 0 unspecified atom stereocenters. The molecule has 2 heterocycles. The fraction of sp³-hybridized carbons (Fsp3) is 0.391. The van der Waals surface area contributed by atoms with E-state index in [9.17, 15) is 14.0 Å². The summed E-state index contributed by atoms with van der Waals surface area (Å²) in [5.41, 5.74) is 1.76. The van der Waals surface area contributed by atoms with E-state index in [1.54, 1.807) is 21.9 Å². The number of halogens is 1. The molecule has 1 N–H and O–H groups in total. The standard InChI is InChI=1S/C23H27FN4O3/c1-2-31-21-9-7-20(8-10-21)28-16-18(15-22(28)29)25-23(30)27-13-11-26(12-14-27)19-5-3-17(24)4-6-19/h3-10,18H,2,11-16H2,1H3,(H,25,30)/t18-/m1/s1. The lowest BCUT2D eigenvalue weighted by Gasteiger charge is -2.36. The molecular weight excluding hydrogens is 399 g/mol. The molecule has 2 aliphatic rings. The van der Waals surface area contributed by atoms with E-state index in [2.05, 4.69) is 10.2 Å². The number of anilines is 2. The number of nitrogens with zero attached hydrogens (tertiary/aromatic N) is 3. The molecule has 0 saturated carbocycles. The Morgan fingerprint density at radius 3 is 2.32 bits per heavy atom. The predicted octanol–water partition coefficient (Wildman–Crippen LogP) is 2.86. The Hall–Kier alpha value is -3.29. The Bertz CT molecular complexity index is 911. The molecule has 0 spiro atoms. The molecule has 2 aliphatic heterocycles. The lowest BCUT2D eigenvalue weighted by molar-refractivity contribution is -0.117. The Morgan fingerprint density at radius 2 is 1.68 bits per heavy atom. The highest BCUT2D eigenvalue weighted by Gasteiger charge is 2.33. The van der Waals surface area contributed by atoms with Crippen LogP contribution in [0.1, 0.15) is 13.3 Å². The first-order chi connectivity index (χ1) is 15.0. The molecule has 164 valence electrons. The second kappa shape index (κ2) is 9.24. The molecule has 7 nitrogen and oxygen atoms in total. The third-order valence-electron chi connectivity index (χ3n) is 5.67. The van der Waals surface area contributed by atoms with Crippen molar-refractivity contribution in [3.05, 3.63) is 54.3 Å². The maximum Gasteiger partial charge on any atom is 0.317 e. The molecule has 2 saturated heterocycles. The zero-order chi connectivity index (χ0) is 21.8. The van der Waals surface area contributed by atoms with Gasteiger partial charge in [-0.2, -0.15) is 0 Å². The predicted molar refractivity (Wildman–Crippen MR) is 117 cm³/mol. The molecule has 4 rings (SSSR count). The smallest absolute Gasteiger partial charge is 0.317 e. The Morgan fingerprint density at radius 1 is 1.03 bits per heavy atom. The van der Waals surface area contributed by atoms with Crippen molar-refractivity contribution in [1.82, 2.24) is 10.2 Å². The number of piperazine rings is 1. The molecule has 2 aromatic rings. The van der Waals surface area contributed by atoms with Crippen LogP contribution in [0.25, 0.3) is 0 Å². The monoisotopic (exact) mass is 426 g/mol. The molecule has 0 radical (unpaired) electrons. The largest absolute Gasteiger partial charge is 0.494 e. The quantitative estimate of drug-likeness (QED) is 0.799. The van der Waals surface area contributed by atoms with Gasteiger partial charge in [0, 0.05) is 50.5 Å². The number of hydrogen-bond acceptors (Lipinski definition) is 4. The van der Waals surface area contributed by atoms with Crippen molar-refractivity contribution in [3.63, 3.8) is 0 Å². The van der Waals surface area contributed by atoms with Gasteiger partial charge in [-0.05, 0) is 55.5 Å². The Balaban J connectivity index is 1.28. The number of urea groups is 1. The van der Waals surface area contributed by atoms with Gasteiger partial charge in [0.25, 0.3) is 0 Å². The highest BCUT2D eigenvalue weighted by Crippen LogP contribution is 2.24. The summed E-state index contributed by atoms with van der Waals surface area (Å²) in [5.74, 6) is 0.505. The van der Waals surface area contributed by atoms with E-state index >= 15 is 0 Å². The maximum atomic E-state index is 13.1. The molecule has 0 bridgehead atoms. The summed E-state index contributed by atoms with van der Waals surface area (Å²) < 4.78 is 18.6. The number of amides is 3. The van der Waals surface area contributed by atoms with Gasteiger partial charge in [0.1, 0.15) is 11.6 Å². The molecule has 2 aromatic carbocycles. The zero-order valence-electron chi connectivity index (χ0n) is 17.6. The van der Waals surface area contributed by atoms with E-state index in [1.807, 2.05) is 31.2 Å². The zero-order valence-corrected chi connectivity index (χ0v) is 17.6. The van der Waals surface area contributed by atoms with E-state index in [-0.39, 0.29) is 30.2 Å². The SMILES string of the molecule is CCOc1ccc(N2C[C@H](NC(=O)N3CCN(c4ccc(F)cc4)CC3)CC2=O)cc1. The number of ether oxygens (including phenoxy) is 1. The fourth-order valence-electron chi connectivity index (χ4n) is 4.03. The summed E-state index contributed by atoms with van der Waals surface area (Å²) in [6.45, 7) is 5.48. The van der Waals surface area contributed by atoms with Crippen LogP contribution in [0.2, 0.25) is 0 Å². The van der Waals surface area contributed by atoms with Gasteiger partial charge < -0.3 is 24.8 Å². The van der Waals surface area contributed by atoms with Crippen LogP contribution in [-0.4, -0.2) is 62.2 Å². The fourth-order valence-corrected chi connectivity index (χ4v) is 4.03. The molecular formula is C23H27FN4O3. The lowest BCUT2D eigenvalue weighted by atomic mass is 10.2. The summed E-state index contributed by atoms with van der Waals surface area (Å²) in [7, 11) is 0. The van der Waals surface area contributed by atoms with Crippen molar-refractivity contribution >= 4 is 23.3 Å². The highest BCUT2D eigenvalue weighted by molar-refractivity contribution is 5.96. The molecule has 31 heavy (non-hydrogen) atoms. The van der Waals surface area contributed by atoms with Gasteiger partial charge >= 0.3 is 6.03 Å². The second-order valence-corrected chi connectivity index (χ2v) is 7.73. The van der Waals surface area contributed by atoms with Gasteiger partial charge in [-0.3, -0.25) is 4.79 Å². The topological polar surface area (TPSA) is 65.1 Å². The summed E-state index contributed by atoms with van der Waals surface area (Å²) in [6.07, 6.45) is 0.286. The van der Waals surface area contributed by atoms with E-state index < -0.39 is 0 Å². The van der Waals surface area contributed by atoms with Gasteiger partial charge in [0.05, 0.1) is 12.6 Å². The maximum absolute atomic E-state index is 13.1. The van der Waals surface area contributed by atoms with E-state index in [0.29, 0.717) is 39.3 Å². The van der Waals surface area contributed by atoms with Gasteiger partial charge in [-0.15, -0.1) is 0 Å². The first kappa shape index (κ1) is 21.0. The van der Waals surface area contributed by atoms with Crippen LogP contribution in [0.4, 0.5) is 20.6 Å². The van der Waals surface area contributed by atoms with Crippen LogP contribution in [0.15, 0.2) is 48.5 Å². The van der Waals surface area contributed by atoms with Crippen molar-refractivity contribution in [2.75, 3.05) is 49.1 Å². The number of carbonyl (C=O) groups excluding carboxylic acids is 2. The summed E-state index contributed by atoms with van der Waals surface area (Å²) in [6, 6.07) is 13.5. The first-order valence-electron chi connectivity index (χ1n) is 10.6. The van der Waals surface area contributed by atoms with Crippen molar-refractivity contribution in [2.24, 2.45) is 0 Å². The van der Waals surface area contributed by atoms with E-state index in [0.717, 1.165) is 17.1 Å². The Labute approximate surface area is 181 Å². The van der Waals surface area contributed by atoms with Gasteiger partial charge in [0.2, 0.25) is 5.91 Å². The molecule has 8 heteroatoms. The van der Waals surface area contributed by atoms with Crippen LogP contribution in [0.3, 0.4) is 0 Å². The van der Waals surface area contributed by atoms with E-state index in [1.165, 1.54) is 12.1 Å². The van der Waals surface area contributed by atoms with Crippen LogP contribution in [0.5, 0.6) is 5.75 Å². The van der Waals surface area contributed by atoms with Gasteiger partial charge in [0.15, 0.2) is 0 Å². The minimum atomic E-state index is -0.257. The number of hydrogen-bond donors (Lipinski definition) is 1. The summed E-state index contributed by atoms with van der Waals surface area (Å²) >= 11 is 0. The number of rotatable bonds is 5. The molecule has 0 aromatic heterocycles.